The minimum Gasteiger partial charge on any atom is -0.508 e. The van der Waals surface area contributed by atoms with E-state index in [0.717, 1.165) is 63.9 Å². The molecule has 4 aromatic rings. The lowest BCUT2D eigenvalue weighted by Gasteiger charge is -2.31. The number of aromatic nitrogens is 1. The molecule has 0 aliphatic carbocycles. The number of fused-ring (bicyclic) bond motifs is 1. The zero-order valence-electron chi connectivity index (χ0n) is 22.6. The summed E-state index contributed by atoms with van der Waals surface area (Å²) in [5, 5.41) is 10.2. The number of phenols is 1. The van der Waals surface area contributed by atoms with Crippen LogP contribution >= 0.6 is 0 Å². The molecule has 2 aliphatic heterocycles. The first kappa shape index (κ1) is 25.3. The highest BCUT2D eigenvalue weighted by molar-refractivity contribution is 5.96. The number of ether oxygens (including phenoxy) is 2. The standard InChI is InChI=1S/C33H34N2O4/c1-21-13-14-35(18-21)22(2)19-37-28-10-7-24(8-11-28)33-32(23(3)29-16-27(36)9-12-30(29)39-33)26-6-4-5-25(15-26)31-17-34-20-38-31/h4-12,15-17,20-22,33,36H,13-14,18-19H2,1-3H3. The molecule has 6 rings (SSSR count). The number of oxazole rings is 1. The van der Waals surface area contributed by atoms with Crippen LogP contribution in [0.4, 0.5) is 0 Å². The van der Waals surface area contributed by atoms with Gasteiger partial charge in [0, 0.05) is 29.3 Å². The van der Waals surface area contributed by atoms with Crippen LogP contribution in [-0.2, 0) is 0 Å². The largest absolute Gasteiger partial charge is 0.508 e. The maximum absolute atomic E-state index is 10.2. The van der Waals surface area contributed by atoms with Crippen LogP contribution in [-0.4, -0.2) is 40.7 Å². The second-order valence-corrected chi connectivity index (χ2v) is 10.8. The van der Waals surface area contributed by atoms with E-state index in [0.29, 0.717) is 18.4 Å². The highest BCUT2D eigenvalue weighted by Crippen LogP contribution is 2.47. The van der Waals surface area contributed by atoms with E-state index < -0.39 is 0 Å². The van der Waals surface area contributed by atoms with Crippen LogP contribution in [0.1, 0.15) is 50.0 Å². The molecule has 1 aromatic heterocycles. The Morgan fingerprint density at radius 1 is 1.08 bits per heavy atom. The quantitative estimate of drug-likeness (QED) is 0.276. The number of benzene rings is 3. The first-order valence-electron chi connectivity index (χ1n) is 13.6. The average Bonchev–Trinajstić information content (AvgIpc) is 3.65. The Bertz CT molecular complexity index is 1480. The summed E-state index contributed by atoms with van der Waals surface area (Å²) >= 11 is 0. The van der Waals surface area contributed by atoms with Crippen molar-refractivity contribution in [1.29, 1.82) is 0 Å². The lowest BCUT2D eigenvalue weighted by atomic mass is 9.85. The van der Waals surface area contributed by atoms with E-state index in [4.69, 9.17) is 13.9 Å². The molecular weight excluding hydrogens is 488 g/mol. The van der Waals surface area contributed by atoms with Gasteiger partial charge >= 0.3 is 0 Å². The third-order valence-corrected chi connectivity index (χ3v) is 7.92. The van der Waals surface area contributed by atoms with Gasteiger partial charge in [0.15, 0.2) is 12.2 Å². The summed E-state index contributed by atoms with van der Waals surface area (Å²) in [5.41, 5.74) is 5.98. The van der Waals surface area contributed by atoms with Crippen molar-refractivity contribution in [3.05, 3.63) is 96.0 Å². The number of nitrogens with zero attached hydrogens (tertiary/aromatic N) is 2. The van der Waals surface area contributed by atoms with Crippen LogP contribution in [0.2, 0.25) is 0 Å². The zero-order valence-corrected chi connectivity index (χ0v) is 22.6. The van der Waals surface area contributed by atoms with Crippen molar-refractivity contribution in [3.8, 4) is 28.6 Å². The van der Waals surface area contributed by atoms with Gasteiger partial charge in [0.05, 0.1) is 6.20 Å². The number of hydrogen-bond acceptors (Lipinski definition) is 6. The van der Waals surface area contributed by atoms with Gasteiger partial charge in [0.1, 0.15) is 30.0 Å². The maximum Gasteiger partial charge on any atom is 0.181 e. The number of likely N-dealkylation sites (tertiary alicyclic amines) is 1. The van der Waals surface area contributed by atoms with Gasteiger partial charge in [-0.2, -0.15) is 0 Å². The van der Waals surface area contributed by atoms with Gasteiger partial charge in [0.25, 0.3) is 0 Å². The van der Waals surface area contributed by atoms with Crippen molar-refractivity contribution < 1.29 is 19.0 Å². The molecule has 6 nitrogen and oxygen atoms in total. The Morgan fingerprint density at radius 2 is 1.90 bits per heavy atom. The highest BCUT2D eigenvalue weighted by atomic mass is 16.5. The molecule has 3 heterocycles. The Balaban J connectivity index is 1.30. The SMILES string of the molecule is CC1=C(c2cccc(-c3cnco3)c2)C(c2ccc(OCC(C)N3CCC(C)C3)cc2)Oc2ccc(O)cc21. The Kier molecular flexibility index (Phi) is 6.88. The third kappa shape index (κ3) is 5.17. The van der Waals surface area contributed by atoms with E-state index in [1.807, 2.05) is 30.3 Å². The molecule has 0 saturated carbocycles. The molecule has 39 heavy (non-hydrogen) atoms. The van der Waals surface area contributed by atoms with Crippen molar-refractivity contribution >= 4 is 11.1 Å². The fourth-order valence-electron chi connectivity index (χ4n) is 5.67. The van der Waals surface area contributed by atoms with E-state index in [1.165, 1.54) is 12.8 Å². The van der Waals surface area contributed by atoms with Crippen LogP contribution in [0.25, 0.3) is 22.5 Å². The summed E-state index contributed by atoms with van der Waals surface area (Å²) in [6, 6.07) is 22.1. The van der Waals surface area contributed by atoms with Crippen molar-refractivity contribution in [1.82, 2.24) is 9.88 Å². The predicted molar refractivity (Wildman–Crippen MR) is 153 cm³/mol. The molecule has 3 aromatic carbocycles. The first-order chi connectivity index (χ1) is 19.0. The van der Waals surface area contributed by atoms with Crippen molar-refractivity contribution in [3.63, 3.8) is 0 Å². The smallest absolute Gasteiger partial charge is 0.181 e. The third-order valence-electron chi connectivity index (χ3n) is 7.92. The fraction of sp³-hybridized carbons (Fsp3) is 0.303. The molecule has 0 amide bonds. The van der Waals surface area contributed by atoms with Crippen LogP contribution < -0.4 is 9.47 Å². The number of phenolic OH excluding ortho intramolecular Hbond substituents is 1. The number of hydrogen-bond donors (Lipinski definition) is 1. The lowest BCUT2D eigenvalue weighted by molar-refractivity contribution is 0.169. The van der Waals surface area contributed by atoms with E-state index in [9.17, 15) is 5.11 Å². The van der Waals surface area contributed by atoms with Crippen LogP contribution in [0.3, 0.4) is 0 Å². The summed E-state index contributed by atoms with van der Waals surface area (Å²) in [4.78, 5) is 6.58. The van der Waals surface area contributed by atoms with E-state index >= 15 is 0 Å². The Morgan fingerprint density at radius 3 is 2.64 bits per heavy atom. The molecule has 6 heteroatoms. The van der Waals surface area contributed by atoms with Gasteiger partial charge in [-0.05, 0) is 85.8 Å². The van der Waals surface area contributed by atoms with Gasteiger partial charge in [-0.25, -0.2) is 4.98 Å². The Hall–Kier alpha value is -4.03. The average molecular weight is 523 g/mol. The molecule has 3 atom stereocenters. The molecule has 3 unspecified atom stereocenters. The van der Waals surface area contributed by atoms with Gasteiger partial charge < -0.3 is 19.0 Å². The van der Waals surface area contributed by atoms with Crippen molar-refractivity contribution in [2.45, 2.75) is 39.3 Å². The summed E-state index contributed by atoms with van der Waals surface area (Å²) in [6.45, 7) is 9.60. The van der Waals surface area contributed by atoms with Crippen LogP contribution in [0, 0.1) is 5.92 Å². The van der Waals surface area contributed by atoms with E-state index in [1.54, 1.807) is 18.3 Å². The van der Waals surface area contributed by atoms with Crippen LogP contribution in [0.15, 0.2) is 83.7 Å². The van der Waals surface area contributed by atoms with Crippen molar-refractivity contribution in [2.24, 2.45) is 5.92 Å². The zero-order chi connectivity index (χ0) is 26.9. The fourth-order valence-corrected chi connectivity index (χ4v) is 5.67. The number of aromatic hydroxyl groups is 1. The lowest BCUT2D eigenvalue weighted by Crippen LogP contribution is -2.35. The summed E-state index contributed by atoms with van der Waals surface area (Å²) in [6.07, 6.45) is 4.09. The second kappa shape index (κ2) is 10.6. The number of rotatable bonds is 7. The molecule has 0 radical (unpaired) electrons. The number of allylic oxidation sites excluding steroid dienone is 1. The van der Waals surface area contributed by atoms with Gasteiger partial charge in [-0.15, -0.1) is 0 Å². The monoisotopic (exact) mass is 522 g/mol. The summed E-state index contributed by atoms with van der Waals surface area (Å²) in [7, 11) is 0. The molecule has 2 aliphatic rings. The molecule has 1 N–H and O–H groups in total. The highest BCUT2D eigenvalue weighted by Gasteiger charge is 2.30. The summed E-state index contributed by atoms with van der Waals surface area (Å²) < 4.78 is 18.3. The molecule has 1 fully saturated rings. The molecule has 0 spiro atoms. The minimum atomic E-state index is -0.328. The predicted octanol–water partition coefficient (Wildman–Crippen LogP) is 7.22. The van der Waals surface area contributed by atoms with Gasteiger partial charge in [-0.1, -0.05) is 37.3 Å². The first-order valence-corrected chi connectivity index (χ1v) is 13.6. The molecule has 0 bridgehead atoms. The maximum atomic E-state index is 10.2. The topological polar surface area (TPSA) is 68.0 Å². The molecular formula is C33H34N2O4. The Labute approximate surface area is 229 Å². The molecule has 200 valence electrons. The van der Waals surface area contributed by atoms with E-state index in [2.05, 4.69) is 54.9 Å². The van der Waals surface area contributed by atoms with Gasteiger partial charge in [-0.3, -0.25) is 4.90 Å². The van der Waals surface area contributed by atoms with Gasteiger partial charge in [0.2, 0.25) is 0 Å². The second-order valence-electron chi connectivity index (χ2n) is 10.8. The minimum absolute atomic E-state index is 0.212. The van der Waals surface area contributed by atoms with E-state index in [-0.39, 0.29) is 11.9 Å². The molecule has 1 saturated heterocycles. The summed E-state index contributed by atoms with van der Waals surface area (Å²) in [5.74, 6) is 3.29. The normalized spacial score (nSPS) is 20.0. The van der Waals surface area contributed by atoms with Crippen LogP contribution in [0.5, 0.6) is 17.2 Å². The van der Waals surface area contributed by atoms with Crippen molar-refractivity contribution in [2.75, 3.05) is 19.7 Å².